The molecule has 1 rings (SSSR count). The van der Waals surface area contributed by atoms with Gasteiger partial charge in [0, 0.05) is 31.0 Å². The topological polar surface area (TPSA) is 42.2 Å². The van der Waals surface area contributed by atoms with Crippen molar-refractivity contribution < 1.29 is 0 Å². The second-order valence-electron chi connectivity index (χ2n) is 4.73. The summed E-state index contributed by atoms with van der Waals surface area (Å²) in [5, 5.41) is 0. The lowest BCUT2D eigenvalue weighted by atomic mass is 9.93. The van der Waals surface area contributed by atoms with Gasteiger partial charge in [-0.25, -0.2) is 0 Å². The molecule has 1 aromatic heterocycles. The van der Waals surface area contributed by atoms with Crippen LogP contribution < -0.4 is 5.73 Å². The lowest BCUT2D eigenvalue weighted by Crippen LogP contribution is -2.49. The van der Waals surface area contributed by atoms with Crippen molar-refractivity contribution in [2.75, 3.05) is 13.1 Å². The highest BCUT2D eigenvalue weighted by molar-refractivity contribution is 5.09. The third kappa shape index (κ3) is 4.44. The van der Waals surface area contributed by atoms with E-state index in [2.05, 4.69) is 42.8 Å². The average molecular weight is 235 g/mol. The molecule has 0 amide bonds. The number of nitrogens with two attached hydrogens (primary N) is 1. The molecule has 0 atom stereocenters. The second kappa shape index (κ2) is 6.72. The van der Waals surface area contributed by atoms with E-state index in [1.807, 2.05) is 12.4 Å². The zero-order valence-electron chi connectivity index (χ0n) is 11.3. The Kier molecular flexibility index (Phi) is 5.59. The minimum atomic E-state index is -0.0525. The van der Waals surface area contributed by atoms with Crippen LogP contribution in [0.2, 0.25) is 0 Å². The summed E-state index contributed by atoms with van der Waals surface area (Å²) in [5.41, 5.74) is 7.62. The van der Waals surface area contributed by atoms with Crippen LogP contribution in [0.1, 0.15) is 39.2 Å². The number of likely N-dealkylation sites (N-methyl/N-ethyl adjacent to an activating group) is 1. The summed E-state index contributed by atoms with van der Waals surface area (Å²) in [6.07, 6.45) is 5.74. The zero-order valence-corrected chi connectivity index (χ0v) is 11.3. The summed E-state index contributed by atoms with van der Waals surface area (Å²) >= 11 is 0. The normalized spacial score (nSPS) is 12.1. The molecule has 3 nitrogen and oxygen atoms in total. The van der Waals surface area contributed by atoms with Gasteiger partial charge in [-0.1, -0.05) is 20.8 Å². The molecule has 0 bridgehead atoms. The van der Waals surface area contributed by atoms with Crippen molar-refractivity contribution in [3.05, 3.63) is 30.1 Å². The molecular formula is C14H25N3. The highest BCUT2D eigenvalue weighted by Crippen LogP contribution is 2.15. The molecule has 0 radical (unpaired) electrons. The highest BCUT2D eigenvalue weighted by atomic mass is 15.1. The van der Waals surface area contributed by atoms with Crippen LogP contribution in [0, 0.1) is 0 Å². The van der Waals surface area contributed by atoms with Gasteiger partial charge in [0.15, 0.2) is 0 Å². The molecule has 3 heteroatoms. The predicted octanol–water partition coefficient (Wildman–Crippen LogP) is 2.42. The zero-order chi connectivity index (χ0) is 12.7. The first-order chi connectivity index (χ1) is 8.13. The molecule has 96 valence electrons. The van der Waals surface area contributed by atoms with E-state index >= 15 is 0 Å². The average Bonchev–Trinajstić information content (AvgIpc) is 2.39. The second-order valence-corrected chi connectivity index (χ2v) is 4.73. The molecule has 0 spiro atoms. The lowest BCUT2D eigenvalue weighted by Gasteiger charge is -2.33. The van der Waals surface area contributed by atoms with E-state index in [9.17, 15) is 0 Å². The molecule has 1 heterocycles. The molecule has 0 unspecified atom stereocenters. The van der Waals surface area contributed by atoms with Gasteiger partial charge < -0.3 is 5.73 Å². The van der Waals surface area contributed by atoms with Crippen LogP contribution in [0.5, 0.6) is 0 Å². The van der Waals surface area contributed by atoms with Gasteiger partial charge in [0.2, 0.25) is 0 Å². The summed E-state index contributed by atoms with van der Waals surface area (Å²) in [6.45, 7) is 9.47. The molecule has 2 N–H and O–H groups in total. The number of hydrogen-bond acceptors (Lipinski definition) is 3. The fourth-order valence-electron chi connectivity index (χ4n) is 1.94. The number of aromatic nitrogens is 1. The van der Waals surface area contributed by atoms with E-state index in [4.69, 9.17) is 5.73 Å². The lowest BCUT2D eigenvalue weighted by molar-refractivity contribution is 0.200. The molecule has 0 saturated heterocycles. The van der Waals surface area contributed by atoms with Crippen molar-refractivity contribution in [1.82, 2.24) is 9.88 Å². The van der Waals surface area contributed by atoms with Crippen LogP contribution in [-0.4, -0.2) is 28.5 Å². The molecule has 1 aromatic rings. The molecule has 0 aromatic carbocycles. The van der Waals surface area contributed by atoms with E-state index in [0.717, 1.165) is 32.5 Å². The Labute approximate surface area is 105 Å². The number of rotatable bonds is 7. The summed E-state index contributed by atoms with van der Waals surface area (Å²) in [4.78, 5) is 6.45. The van der Waals surface area contributed by atoms with E-state index < -0.39 is 0 Å². The molecular weight excluding hydrogens is 210 g/mol. The maximum Gasteiger partial charge on any atom is 0.0278 e. The number of pyridine rings is 1. The quantitative estimate of drug-likeness (QED) is 0.789. The van der Waals surface area contributed by atoms with Gasteiger partial charge in [-0.3, -0.25) is 9.88 Å². The first-order valence-electron chi connectivity index (χ1n) is 6.53. The molecule has 0 aliphatic carbocycles. The first kappa shape index (κ1) is 14.1. The van der Waals surface area contributed by atoms with Gasteiger partial charge in [0.05, 0.1) is 0 Å². The van der Waals surface area contributed by atoms with Gasteiger partial charge >= 0.3 is 0 Å². The minimum Gasteiger partial charge on any atom is -0.324 e. The predicted molar refractivity (Wildman–Crippen MR) is 72.7 cm³/mol. The van der Waals surface area contributed by atoms with Gasteiger partial charge in [-0.15, -0.1) is 0 Å². The van der Waals surface area contributed by atoms with Crippen LogP contribution >= 0.6 is 0 Å². The van der Waals surface area contributed by atoms with E-state index in [-0.39, 0.29) is 5.54 Å². The van der Waals surface area contributed by atoms with Crippen LogP contribution in [0.4, 0.5) is 0 Å². The van der Waals surface area contributed by atoms with Crippen molar-refractivity contribution in [2.24, 2.45) is 5.73 Å². The van der Waals surface area contributed by atoms with Crippen molar-refractivity contribution in [2.45, 2.75) is 45.7 Å². The van der Waals surface area contributed by atoms with Gasteiger partial charge in [0.1, 0.15) is 0 Å². The molecule has 0 aliphatic rings. The van der Waals surface area contributed by atoms with Gasteiger partial charge in [-0.2, -0.15) is 0 Å². The van der Waals surface area contributed by atoms with Crippen molar-refractivity contribution >= 4 is 0 Å². The summed E-state index contributed by atoms with van der Waals surface area (Å²) in [6, 6.07) is 4.14. The Morgan fingerprint density at radius 2 is 1.76 bits per heavy atom. The van der Waals surface area contributed by atoms with Crippen molar-refractivity contribution in [3.63, 3.8) is 0 Å². The Morgan fingerprint density at radius 1 is 1.18 bits per heavy atom. The first-order valence-corrected chi connectivity index (χ1v) is 6.53. The van der Waals surface area contributed by atoms with Crippen molar-refractivity contribution in [3.8, 4) is 0 Å². The molecule has 17 heavy (non-hydrogen) atoms. The summed E-state index contributed by atoms with van der Waals surface area (Å²) < 4.78 is 0. The Morgan fingerprint density at radius 3 is 2.24 bits per heavy atom. The maximum absolute atomic E-state index is 6.37. The van der Waals surface area contributed by atoms with Crippen LogP contribution in [0.3, 0.4) is 0 Å². The van der Waals surface area contributed by atoms with E-state index in [0.29, 0.717) is 0 Å². The van der Waals surface area contributed by atoms with E-state index in [1.165, 1.54) is 5.56 Å². The minimum absolute atomic E-state index is 0.0525. The summed E-state index contributed by atoms with van der Waals surface area (Å²) in [7, 11) is 0. The van der Waals surface area contributed by atoms with E-state index in [1.54, 1.807) is 0 Å². The Bertz CT molecular complexity index is 307. The fraction of sp³-hybridized carbons (Fsp3) is 0.643. The number of nitrogens with zero attached hydrogens (tertiary/aromatic N) is 2. The standard InChI is InChI=1S/C14H25N3/c1-4-14(15,5-2)12-17(6-3)11-13-7-9-16-10-8-13/h7-10H,4-6,11-12,15H2,1-3H3. The largest absolute Gasteiger partial charge is 0.324 e. The highest BCUT2D eigenvalue weighted by Gasteiger charge is 2.23. The SMILES string of the molecule is CCN(Cc1ccncc1)CC(N)(CC)CC. The van der Waals surface area contributed by atoms with Crippen LogP contribution in [-0.2, 0) is 6.54 Å². The van der Waals surface area contributed by atoms with Crippen LogP contribution in [0.15, 0.2) is 24.5 Å². The van der Waals surface area contributed by atoms with Crippen molar-refractivity contribution in [1.29, 1.82) is 0 Å². The monoisotopic (exact) mass is 235 g/mol. The summed E-state index contributed by atoms with van der Waals surface area (Å²) in [5.74, 6) is 0. The van der Waals surface area contributed by atoms with Gasteiger partial charge in [0.25, 0.3) is 0 Å². The smallest absolute Gasteiger partial charge is 0.0278 e. The molecule has 0 aliphatic heterocycles. The molecule has 0 saturated carbocycles. The fourth-order valence-corrected chi connectivity index (χ4v) is 1.94. The van der Waals surface area contributed by atoms with Gasteiger partial charge in [-0.05, 0) is 37.1 Å². The number of hydrogen-bond donors (Lipinski definition) is 1. The third-order valence-corrected chi connectivity index (χ3v) is 3.55. The Hall–Kier alpha value is -0.930. The van der Waals surface area contributed by atoms with Crippen LogP contribution in [0.25, 0.3) is 0 Å². The Balaban J connectivity index is 2.60. The molecule has 0 fully saturated rings. The maximum atomic E-state index is 6.37. The third-order valence-electron chi connectivity index (χ3n) is 3.55.